The maximum Gasteiger partial charge on any atom is 0.410 e. The number of aryl methyl sites for hydroxylation is 1. The summed E-state index contributed by atoms with van der Waals surface area (Å²) in [5.74, 6) is 3.61. The normalized spacial score (nSPS) is 19.7. The number of nitrogens with one attached hydrogen (secondary N) is 1. The molecule has 342 valence electrons. The van der Waals surface area contributed by atoms with Gasteiger partial charge in [0.15, 0.2) is 0 Å². The molecule has 0 spiro atoms. The molecule has 4 heterocycles. The largest absolute Gasteiger partial charge is 0.496 e. The van der Waals surface area contributed by atoms with Crippen LogP contribution in [-0.2, 0) is 20.8 Å². The molecule has 11 nitrogen and oxygen atoms in total. The molecular weight excluding hydrogens is 832 g/mol. The first kappa shape index (κ1) is 47.0. The van der Waals surface area contributed by atoms with Crippen LogP contribution in [0.3, 0.4) is 0 Å². The van der Waals surface area contributed by atoms with Crippen LogP contribution in [0.5, 0.6) is 5.75 Å². The zero-order chi connectivity index (χ0) is 44.8. The summed E-state index contributed by atoms with van der Waals surface area (Å²) in [7, 11) is 5.88. The number of aromatic nitrogens is 2. The van der Waals surface area contributed by atoms with E-state index < -0.39 is 5.60 Å². The molecule has 1 aliphatic carbocycles. The van der Waals surface area contributed by atoms with Crippen molar-refractivity contribution in [3.63, 3.8) is 0 Å². The molecule has 7 rings (SSSR count). The quantitative estimate of drug-likeness (QED) is 0.124. The van der Waals surface area contributed by atoms with Crippen molar-refractivity contribution in [3.05, 3.63) is 68.6 Å². The highest BCUT2D eigenvalue weighted by Crippen LogP contribution is 2.43. The summed E-state index contributed by atoms with van der Waals surface area (Å²) in [4.78, 5) is 43.3. The topological polar surface area (TPSA) is 109 Å². The highest BCUT2D eigenvalue weighted by Gasteiger charge is 2.34. The number of hydrogen-bond acceptors (Lipinski definition) is 10. The van der Waals surface area contributed by atoms with Crippen LogP contribution in [0.4, 0.5) is 10.6 Å². The molecule has 1 N–H and O–H groups in total. The Labute approximate surface area is 384 Å². The van der Waals surface area contributed by atoms with Crippen LogP contribution in [-0.4, -0.2) is 102 Å². The molecule has 3 aliphatic rings. The molecule has 0 radical (unpaired) electrons. The number of anilines is 1. The van der Waals surface area contributed by atoms with Crippen molar-refractivity contribution in [2.24, 2.45) is 11.8 Å². The number of carbonyl (C=O) groups is 2. The summed E-state index contributed by atoms with van der Waals surface area (Å²) >= 11 is 8.51. The molecule has 2 aromatic carbocycles. The maximum absolute atomic E-state index is 13.8. The van der Waals surface area contributed by atoms with Gasteiger partial charge in [0, 0.05) is 72.2 Å². The van der Waals surface area contributed by atoms with Gasteiger partial charge in [0.05, 0.1) is 24.8 Å². The Morgan fingerprint density at radius 2 is 1.68 bits per heavy atom. The fourth-order valence-corrected chi connectivity index (χ4v) is 11.0. The second kappa shape index (κ2) is 20.9. The predicted octanol–water partition coefficient (Wildman–Crippen LogP) is 11.3. The number of thiophene rings is 1. The average molecular weight is 902 g/mol. The number of fused-ring (bicyclic) bond motifs is 1. The summed E-state index contributed by atoms with van der Waals surface area (Å²) in [5, 5.41) is 7.67. The number of piperidine rings is 2. The lowest BCUT2D eigenvalue weighted by Crippen LogP contribution is -2.44. The Kier molecular flexibility index (Phi) is 15.6. The van der Waals surface area contributed by atoms with E-state index in [0.29, 0.717) is 17.6 Å². The van der Waals surface area contributed by atoms with Crippen LogP contribution >= 0.6 is 22.9 Å². The lowest BCUT2D eigenvalue weighted by Gasteiger charge is -2.36. The Hall–Kier alpha value is -3.97. The molecule has 0 unspecified atom stereocenters. The SMILES string of the molecule is COc1cc2nc(C)nc(N[C@H](C)c3cc(-c4c(Cl)cccc4CN(C)C)cs3)c2cc1[C@H]1CC[C@H](C(=O)N2CCC(OCCCC3CCN(C(=O)OC(C)(C)C)CC3)CC2)CC1. The van der Waals surface area contributed by atoms with Crippen LogP contribution in [0, 0.1) is 18.8 Å². The fourth-order valence-electron chi connectivity index (χ4n) is 9.75. The third-order valence-electron chi connectivity index (χ3n) is 13.1. The van der Waals surface area contributed by atoms with E-state index in [1.807, 2.05) is 44.7 Å². The Morgan fingerprint density at radius 3 is 2.37 bits per heavy atom. The van der Waals surface area contributed by atoms with Crippen LogP contribution in [0.1, 0.15) is 126 Å². The van der Waals surface area contributed by atoms with Crippen molar-refractivity contribution in [3.8, 4) is 16.9 Å². The Morgan fingerprint density at radius 1 is 0.968 bits per heavy atom. The van der Waals surface area contributed by atoms with Gasteiger partial charge in [-0.15, -0.1) is 11.3 Å². The minimum atomic E-state index is -0.461. The van der Waals surface area contributed by atoms with Crippen LogP contribution in [0.25, 0.3) is 22.0 Å². The third-order valence-corrected chi connectivity index (χ3v) is 14.5. The van der Waals surface area contributed by atoms with Gasteiger partial charge in [0.2, 0.25) is 5.91 Å². The number of ether oxygens (including phenoxy) is 3. The second-order valence-electron chi connectivity index (χ2n) is 19.3. The lowest BCUT2D eigenvalue weighted by molar-refractivity contribution is -0.139. The number of rotatable bonds is 14. The number of amides is 2. The molecule has 1 atom stereocenters. The van der Waals surface area contributed by atoms with Gasteiger partial charge in [-0.3, -0.25) is 4.79 Å². The van der Waals surface area contributed by atoms with Crippen molar-refractivity contribution in [1.29, 1.82) is 0 Å². The summed E-state index contributed by atoms with van der Waals surface area (Å²) in [5.41, 5.74) is 4.97. The van der Waals surface area contributed by atoms with Crippen LogP contribution in [0.15, 0.2) is 41.8 Å². The van der Waals surface area contributed by atoms with Crippen LogP contribution < -0.4 is 10.1 Å². The minimum Gasteiger partial charge on any atom is -0.496 e. The molecule has 2 aromatic heterocycles. The Balaban J connectivity index is 0.899. The van der Waals surface area contributed by atoms with Gasteiger partial charge in [0.1, 0.15) is 23.0 Å². The van der Waals surface area contributed by atoms with Crippen molar-refractivity contribution in [2.45, 2.75) is 129 Å². The zero-order valence-corrected chi connectivity index (χ0v) is 40.4. The molecule has 2 saturated heterocycles. The van der Waals surface area contributed by atoms with Gasteiger partial charge in [-0.2, -0.15) is 0 Å². The van der Waals surface area contributed by atoms with E-state index in [1.54, 1.807) is 18.4 Å². The minimum absolute atomic E-state index is 0.00195. The monoisotopic (exact) mass is 900 g/mol. The van der Waals surface area contributed by atoms with Gasteiger partial charge in [-0.1, -0.05) is 23.7 Å². The molecule has 2 amide bonds. The molecule has 4 aromatic rings. The maximum atomic E-state index is 13.8. The number of likely N-dealkylation sites (tertiary alicyclic amines) is 2. The second-order valence-corrected chi connectivity index (χ2v) is 20.7. The highest BCUT2D eigenvalue weighted by molar-refractivity contribution is 7.10. The standard InChI is InChI=1S/C50H69ClN6O5S/c1-32(45-27-38(31-63-45)46-37(30-55(6)7)12-9-13-42(46)51)52-47-41-28-40(44(60-8)29-43(41)53-33(2)54-47)35-14-16-36(17-15-35)48(58)56-24-20-39(21-25-56)61-26-10-11-34-18-22-57(23-19-34)49(59)62-50(3,4)5/h9,12-13,27-29,31-32,34-36,39H,10-11,14-26,30H2,1-8H3,(H,52,53,54)/t32-,35-,36-/m1/s1. The number of carbonyl (C=O) groups excluding carboxylic acids is 2. The van der Waals surface area contributed by atoms with E-state index in [1.165, 1.54) is 10.4 Å². The van der Waals surface area contributed by atoms with Gasteiger partial charge < -0.3 is 34.2 Å². The summed E-state index contributed by atoms with van der Waals surface area (Å²) < 4.78 is 17.9. The van der Waals surface area contributed by atoms with E-state index in [-0.39, 0.29) is 30.1 Å². The predicted molar refractivity (Wildman–Crippen MR) is 255 cm³/mol. The summed E-state index contributed by atoms with van der Waals surface area (Å²) in [6.45, 7) is 14.5. The van der Waals surface area contributed by atoms with Gasteiger partial charge in [-0.25, -0.2) is 14.8 Å². The van der Waals surface area contributed by atoms with E-state index >= 15 is 0 Å². The highest BCUT2D eigenvalue weighted by atomic mass is 35.5. The summed E-state index contributed by atoms with van der Waals surface area (Å²) in [6.07, 6.45) is 9.60. The zero-order valence-electron chi connectivity index (χ0n) is 38.8. The molecule has 0 bridgehead atoms. The van der Waals surface area contributed by atoms with Crippen molar-refractivity contribution < 1.29 is 23.8 Å². The average Bonchev–Trinajstić information content (AvgIpc) is 3.74. The molecule has 1 saturated carbocycles. The first-order valence-electron chi connectivity index (χ1n) is 23.2. The van der Waals surface area contributed by atoms with Crippen molar-refractivity contribution in [2.75, 3.05) is 59.3 Å². The van der Waals surface area contributed by atoms with E-state index in [4.69, 9.17) is 35.8 Å². The molecule has 13 heteroatoms. The lowest BCUT2D eigenvalue weighted by atomic mass is 9.77. The van der Waals surface area contributed by atoms with Gasteiger partial charge >= 0.3 is 6.09 Å². The van der Waals surface area contributed by atoms with Crippen LogP contribution in [0.2, 0.25) is 5.02 Å². The number of halogens is 1. The molecule has 3 fully saturated rings. The third kappa shape index (κ3) is 12.0. The number of benzene rings is 2. The van der Waals surface area contributed by atoms with Gasteiger partial charge in [0.25, 0.3) is 0 Å². The molecule has 2 aliphatic heterocycles. The first-order chi connectivity index (χ1) is 30.1. The van der Waals surface area contributed by atoms with E-state index in [9.17, 15) is 9.59 Å². The smallest absolute Gasteiger partial charge is 0.410 e. The fraction of sp³-hybridized carbons (Fsp3) is 0.600. The van der Waals surface area contributed by atoms with E-state index in [2.05, 4.69) is 65.8 Å². The number of hydrogen-bond donors (Lipinski definition) is 1. The molecular formula is C50H69ClN6O5S. The van der Waals surface area contributed by atoms with Gasteiger partial charge in [-0.05, 0) is 165 Å². The first-order valence-corrected chi connectivity index (χ1v) is 24.4. The van der Waals surface area contributed by atoms with E-state index in [0.717, 1.165) is 148 Å². The Bertz CT molecular complexity index is 2180. The summed E-state index contributed by atoms with van der Waals surface area (Å²) in [6, 6.07) is 12.7. The number of nitrogens with zero attached hydrogens (tertiary/aromatic N) is 5. The van der Waals surface area contributed by atoms with Crippen molar-refractivity contribution >= 4 is 51.7 Å². The number of methoxy groups -OCH3 is 1. The molecule has 63 heavy (non-hydrogen) atoms. The van der Waals surface area contributed by atoms with Crippen molar-refractivity contribution in [1.82, 2.24) is 24.7 Å².